The lowest BCUT2D eigenvalue weighted by molar-refractivity contribution is 1.37. The van der Waals surface area contributed by atoms with E-state index in [0.29, 0.717) is 0 Å². The van der Waals surface area contributed by atoms with Crippen molar-refractivity contribution in [3.8, 4) is 0 Å². The molecule has 0 radical (unpaired) electrons. The van der Waals surface area contributed by atoms with E-state index >= 15 is 0 Å². The Bertz CT molecular complexity index is 2820. The van der Waals surface area contributed by atoms with Crippen LogP contribution < -0.4 is 0 Å². The zero-order valence-electron chi connectivity index (χ0n) is 20.7. The minimum absolute atomic E-state index is 1.29. The Labute approximate surface area is 225 Å². The molecule has 2 nitrogen and oxygen atoms in total. The summed E-state index contributed by atoms with van der Waals surface area (Å²) in [5.41, 5.74) is 7.85. The Balaban J connectivity index is 1.41. The summed E-state index contributed by atoms with van der Waals surface area (Å²) in [6, 6.07) is 40.9. The van der Waals surface area contributed by atoms with E-state index in [9.17, 15) is 0 Å². The number of rotatable bonds is 0. The Morgan fingerprint density at radius 3 is 1.69 bits per heavy atom. The number of nitrogens with zero attached hydrogens (tertiary/aromatic N) is 2. The van der Waals surface area contributed by atoms with Crippen LogP contribution in [-0.4, -0.2) is 8.80 Å². The number of para-hydroxylation sites is 4. The highest BCUT2D eigenvalue weighted by molar-refractivity contribution is 7.26. The number of thiophene rings is 1. The highest BCUT2D eigenvalue weighted by Gasteiger charge is 2.22. The zero-order chi connectivity index (χ0) is 25.0. The van der Waals surface area contributed by atoms with E-state index in [-0.39, 0.29) is 0 Å². The van der Waals surface area contributed by atoms with Crippen molar-refractivity contribution in [2.75, 3.05) is 0 Å². The largest absolute Gasteiger partial charge is 0.308 e. The van der Waals surface area contributed by atoms with Gasteiger partial charge in [0.2, 0.25) is 0 Å². The van der Waals surface area contributed by atoms with Crippen molar-refractivity contribution in [2.45, 2.75) is 0 Å². The van der Waals surface area contributed by atoms with Gasteiger partial charge in [-0.15, -0.1) is 11.3 Å². The van der Waals surface area contributed by atoms with Crippen LogP contribution in [0.15, 0.2) is 109 Å². The Hall–Kier alpha value is -4.86. The SMILES string of the molecule is c1ccc2c(c1)c1cccc3c4cc5sc6ccc7c(c8cccc9c%10ccccc%10n7c98)c6c5cc4n2c13. The van der Waals surface area contributed by atoms with Crippen LogP contribution in [0.3, 0.4) is 0 Å². The van der Waals surface area contributed by atoms with Crippen molar-refractivity contribution in [2.24, 2.45) is 0 Å². The standard InChI is InChI=1S/C36H18N2S/c1-3-13-27-20(8-1)22-10-6-12-24-33-29(37(27)36(22)24)15-16-31-34(33)26-17-30-25(18-32(26)39-31)23-11-5-9-21-19-7-2-4-14-28(19)38(30)35(21)23/h1-18H. The fourth-order valence-electron chi connectivity index (χ4n) is 7.71. The topological polar surface area (TPSA) is 8.82 Å². The first kappa shape index (κ1) is 19.2. The summed E-state index contributed by atoms with van der Waals surface area (Å²) in [6.45, 7) is 0. The molecule has 0 atom stereocenters. The highest BCUT2D eigenvalue weighted by Crippen LogP contribution is 2.48. The third-order valence-electron chi connectivity index (χ3n) is 9.16. The Morgan fingerprint density at radius 2 is 0.949 bits per heavy atom. The van der Waals surface area contributed by atoms with Gasteiger partial charge in [-0.1, -0.05) is 72.8 Å². The molecular weight excluding hydrogens is 492 g/mol. The summed E-state index contributed by atoms with van der Waals surface area (Å²) in [5, 5.41) is 13.5. The van der Waals surface area contributed by atoms with Gasteiger partial charge in [0, 0.05) is 63.3 Å². The molecule has 178 valence electrons. The van der Waals surface area contributed by atoms with Crippen LogP contribution in [0.25, 0.3) is 96.4 Å². The van der Waals surface area contributed by atoms with Crippen molar-refractivity contribution in [1.82, 2.24) is 8.80 Å². The molecule has 11 aromatic rings. The second-order valence-electron chi connectivity index (χ2n) is 10.9. The first-order valence-corrected chi connectivity index (χ1v) is 14.3. The number of benzene rings is 6. The van der Waals surface area contributed by atoms with E-state index in [0.717, 1.165) is 0 Å². The third-order valence-corrected chi connectivity index (χ3v) is 10.3. The quantitative estimate of drug-likeness (QED) is 0.192. The fourth-order valence-corrected chi connectivity index (χ4v) is 8.84. The van der Waals surface area contributed by atoms with Crippen LogP contribution in [0.5, 0.6) is 0 Å². The van der Waals surface area contributed by atoms with Gasteiger partial charge in [-0.2, -0.15) is 0 Å². The molecule has 0 spiro atoms. The summed E-state index contributed by atoms with van der Waals surface area (Å²) in [7, 11) is 0. The van der Waals surface area contributed by atoms with Crippen molar-refractivity contribution in [1.29, 1.82) is 0 Å². The predicted molar refractivity (Wildman–Crippen MR) is 169 cm³/mol. The van der Waals surface area contributed by atoms with E-state index in [1.165, 1.54) is 96.4 Å². The molecule has 0 saturated carbocycles. The van der Waals surface area contributed by atoms with Gasteiger partial charge in [0.1, 0.15) is 0 Å². The summed E-state index contributed by atoms with van der Waals surface area (Å²) < 4.78 is 7.71. The zero-order valence-corrected chi connectivity index (χ0v) is 21.5. The van der Waals surface area contributed by atoms with Crippen LogP contribution in [-0.2, 0) is 0 Å². The summed E-state index contributed by atoms with van der Waals surface area (Å²) in [4.78, 5) is 0. The lowest BCUT2D eigenvalue weighted by Gasteiger charge is -2.01. The van der Waals surface area contributed by atoms with Crippen LogP contribution in [0.1, 0.15) is 0 Å². The van der Waals surface area contributed by atoms with E-state index in [1.54, 1.807) is 0 Å². The average Bonchev–Trinajstić information content (AvgIpc) is 3.76. The average molecular weight is 511 g/mol. The van der Waals surface area contributed by atoms with Gasteiger partial charge >= 0.3 is 0 Å². The Kier molecular flexibility index (Phi) is 3.07. The Morgan fingerprint density at radius 1 is 0.359 bits per heavy atom. The van der Waals surface area contributed by atoms with Crippen molar-refractivity contribution in [3.05, 3.63) is 109 Å². The van der Waals surface area contributed by atoms with Gasteiger partial charge in [0.05, 0.1) is 33.1 Å². The van der Waals surface area contributed by atoms with Crippen molar-refractivity contribution >= 4 is 108 Å². The van der Waals surface area contributed by atoms with Gasteiger partial charge in [0.25, 0.3) is 0 Å². The van der Waals surface area contributed by atoms with E-state index in [1.807, 2.05) is 11.3 Å². The molecule has 5 aromatic heterocycles. The lowest BCUT2D eigenvalue weighted by Crippen LogP contribution is -1.81. The van der Waals surface area contributed by atoms with Gasteiger partial charge in [-0.25, -0.2) is 0 Å². The fraction of sp³-hybridized carbons (Fsp3) is 0. The number of hydrogen-bond acceptors (Lipinski definition) is 1. The molecule has 6 aromatic carbocycles. The van der Waals surface area contributed by atoms with Gasteiger partial charge in [0.15, 0.2) is 0 Å². The molecule has 0 bridgehead atoms. The molecule has 0 N–H and O–H groups in total. The minimum Gasteiger partial charge on any atom is -0.308 e. The normalized spacial score (nSPS) is 13.1. The third kappa shape index (κ3) is 2.02. The van der Waals surface area contributed by atoms with Crippen LogP contribution in [0, 0.1) is 0 Å². The molecule has 11 rings (SSSR count). The molecular formula is C36H18N2S. The smallest absolute Gasteiger partial charge is 0.0620 e. The lowest BCUT2D eigenvalue weighted by atomic mass is 10.0. The first-order valence-electron chi connectivity index (χ1n) is 13.5. The number of aromatic nitrogens is 2. The molecule has 0 amide bonds. The maximum Gasteiger partial charge on any atom is 0.0620 e. The van der Waals surface area contributed by atoms with Crippen molar-refractivity contribution < 1.29 is 0 Å². The minimum atomic E-state index is 1.29. The molecule has 3 heteroatoms. The van der Waals surface area contributed by atoms with E-state index in [2.05, 4.69) is 118 Å². The van der Waals surface area contributed by atoms with Gasteiger partial charge in [-0.05, 0) is 36.4 Å². The monoisotopic (exact) mass is 510 g/mol. The molecule has 0 unspecified atom stereocenters. The van der Waals surface area contributed by atoms with Crippen LogP contribution >= 0.6 is 11.3 Å². The summed E-state index contributed by atoms with van der Waals surface area (Å²) >= 11 is 1.92. The molecule has 0 aliphatic rings. The first-order chi connectivity index (χ1) is 19.4. The van der Waals surface area contributed by atoms with Crippen LogP contribution in [0.4, 0.5) is 0 Å². The van der Waals surface area contributed by atoms with Gasteiger partial charge < -0.3 is 8.80 Å². The molecule has 0 aliphatic carbocycles. The molecule has 5 heterocycles. The maximum atomic E-state index is 2.50. The molecule has 0 fully saturated rings. The van der Waals surface area contributed by atoms with Crippen LogP contribution in [0.2, 0.25) is 0 Å². The summed E-state index contributed by atoms with van der Waals surface area (Å²) in [6.07, 6.45) is 0. The van der Waals surface area contributed by atoms with Crippen molar-refractivity contribution in [3.63, 3.8) is 0 Å². The maximum absolute atomic E-state index is 2.50. The van der Waals surface area contributed by atoms with Gasteiger partial charge in [-0.3, -0.25) is 0 Å². The number of hydrogen-bond donors (Lipinski definition) is 0. The second kappa shape index (κ2) is 6.23. The summed E-state index contributed by atoms with van der Waals surface area (Å²) in [5.74, 6) is 0. The molecule has 0 saturated heterocycles. The predicted octanol–water partition coefficient (Wildman–Crippen LogP) is 10.4. The van der Waals surface area contributed by atoms with E-state index in [4.69, 9.17) is 0 Å². The molecule has 0 aliphatic heterocycles. The molecule has 39 heavy (non-hydrogen) atoms. The highest BCUT2D eigenvalue weighted by atomic mass is 32.1. The second-order valence-corrected chi connectivity index (χ2v) is 12.0. The number of fused-ring (bicyclic) bond motifs is 16. The van der Waals surface area contributed by atoms with E-state index < -0.39 is 0 Å².